The Morgan fingerprint density at radius 1 is 1.47 bits per heavy atom. The van der Waals surface area contributed by atoms with Gasteiger partial charge >= 0.3 is 0 Å². The van der Waals surface area contributed by atoms with E-state index < -0.39 is 4.92 Å². The molecule has 1 unspecified atom stereocenters. The number of non-ortho nitro benzene ring substituents is 1. The van der Waals surface area contributed by atoms with Crippen LogP contribution in [0.1, 0.15) is 20.3 Å². The van der Waals surface area contributed by atoms with Gasteiger partial charge in [0.15, 0.2) is 0 Å². The third kappa shape index (κ3) is 2.90. The number of hydrogen-bond acceptors (Lipinski definition) is 5. The molecule has 1 N–H and O–H groups in total. The maximum absolute atomic E-state index is 10.8. The fourth-order valence-corrected chi connectivity index (χ4v) is 1.82. The van der Waals surface area contributed by atoms with Crippen LogP contribution in [0.5, 0.6) is 0 Å². The first-order valence-corrected chi connectivity index (χ1v) is 6.27. The van der Waals surface area contributed by atoms with Gasteiger partial charge in [0.1, 0.15) is 5.82 Å². The number of benzene rings is 1. The van der Waals surface area contributed by atoms with Gasteiger partial charge < -0.3 is 5.32 Å². The Hall–Kier alpha value is -1.95. The fourth-order valence-electron chi connectivity index (χ4n) is 1.65. The summed E-state index contributed by atoms with van der Waals surface area (Å²) in [5.41, 5.74) is 0.585. The van der Waals surface area contributed by atoms with E-state index in [9.17, 15) is 10.1 Å². The zero-order valence-corrected chi connectivity index (χ0v) is 11.3. The summed E-state index contributed by atoms with van der Waals surface area (Å²) in [5.74, 6) is 0.521. The molecule has 6 nitrogen and oxygen atoms in total. The molecule has 0 saturated carbocycles. The normalized spacial score (nSPS) is 12.4. The van der Waals surface area contributed by atoms with Crippen molar-refractivity contribution in [3.05, 3.63) is 33.6 Å². The molecule has 19 heavy (non-hydrogen) atoms. The maximum Gasteiger partial charge on any atom is 0.270 e. The van der Waals surface area contributed by atoms with Gasteiger partial charge in [0.25, 0.3) is 5.69 Å². The standard InChI is InChI=1S/C12H13ClN4O2/c1-3-7(2)14-11-9-6-8(17(18)19)4-5-10(9)15-12(13)16-11/h4-7H,3H2,1-2H3,(H,14,15,16). The minimum absolute atomic E-state index is 0.00521. The molecule has 2 aromatic rings. The second kappa shape index (κ2) is 5.36. The van der Waals surface area contributed by atoms with Crippen molar-refractivity contribution < 1.29 is 4.92 Å². The topological polar surface area (TPSA) is 81.0 Å². The van der Waals surface area contributed by atoms with Gasteiger partial charge in [-0.2, -0.15) is 0 Å². The van der Waals surface area contributed by atoms with Crippen molar-refractivity contribution in [2.45, 2.75) is 26.3 Å². The zero-order chi connectivity index (χ0) is 14.0. The Labute approximate surface area is 115 Å². The highest BCUT2D eigenvalue weighted by atomic mass is 35.5. The predicted octanol–water partition coefficient (Wildman–Crippen LogP) is 3.40. The van der Waals surface area contributed by atoms with Crippen LogP contribution >= 0.6 is 11.6 Å². The van der Waals surface area contributed by atoms with Gasteiger partial charge in [-0.1, -0.05) is 6.92 Å². The number of anilines is 1. The molecule has 0 amide bonds. The zero-order valence-electron chi connectivity index (χ0n) is 10.6. The molecule has 0 aliphatic rings. The number of nitro benzene ring substituents is 1. The summed E-state index contributed by atoms with van der Waals surface area (Å²) in [7, 11) is 0. The van der Waals surface area contributed by atoms with Crippen LogP contribution < -0.4 is 5.32 Å². The molecule has 1 atom stereocenters. The monoisotopic (exact) mass is 280 g/mol. The Bertz CT molecular complexity index is 632. The highest BCUT2D eigenvalue weighted by Gasteiger charge is 2.13. The van der Waals surface area contributed by atoms with Crippen molar-refractivity contribution in [3.8, 4) is 0 Å². The minimum Gasteiger partial charge on any atom is -0.367 e. The van der Waals surface area contributed by atoms with Gasteiger partial charge in [-0.15, -0.1) is 0 Å². The third-order valence-corrected chi connectivity index (χ3v) is 3.03. The second-order valence-corrected chi connectivity index (χ2v) is 4.59. The molecule has 0 saturated heterocycles. The smallest absolute Gasteiger partial charge is 0.270 e. The van der Waals surface area contributed by atoms with E-state index in [1.165, 1.54) is 12.1 Å². The van der Waals surface area contributed by atoms with Gasteiger partial charge in [0, 0.05) is 23.6 Å². The summed E-state index contributed by atoms with van der Waals surface area (Å²) in [6.45, 7) is 4.03. The van der Waals surface area contributed by atoms with Crippen LogP contribution in [-0.4, -0.2) is 20.9 Å². The molecule has 100 valence electrons. The van der Waals surface area contributed by atoms with Crippen LogP contribution in [-0.2, 0) is 0 Å². The molecule has 2 rings (SSSR count). The summed E-state index contributed by atoms with van der Waals surface area (Å²) >= 11 is 5.86. The van der Waals surface area contributed by atoms with Gasteiger partial charge in [0.2, 0.25) is 5.28 Å². The number of nitro groups is 1. The predicted molar refractivity (Wildman–Crippen MR) is 74.6 cm³/mol. The summed E-state index contributed by atoms with van der Waals surface area (Å²) in [6, 6.07) is 4.62. The van der Waals surface area contributed by atoms with Gasteiger partial charge in [-0.25, -0.2) is 9.97 Å². The van der Waals surface area contributed by atoms with Crippen LogP contribution in [0.4, 0.5) is 11.5 Å². The maximum atomic E-state index is 10.8. The molecule has 0 fully saturated rings. The van der Waals surface area contributed by atoms with Crippen LogP contribution in [0.2, 0.25) is 5.28 Å². The fraction of sp³-hybridized carbons (Fsp3) is 0.333. The molecule has 1 aromatic carbocycles. The molecule has 1 heterocycles. The number of rotatable bonds is 4. The van der Waals surface area contributed by atoms with Crippen LogP contribution in [0.25, 0.3) is 10.9 Å². The number of aromatic nitrogens is 2. The number of hydrogen-bond donors (Lipinski definition) is 1. The summed E-state index contributed by atoms with van der Waals surface area (Å²) in [4.78, 5) is 18.5. The lowest BCUT2D eigenvalue weighted by Gasteiger charge is -2.13. The highest BCUT2D eigenvalue weighted by Crippen LogP contribution is 2.26. The Balaban J connectivity index is 2.59. The van der Waals surface area contributed by atoms with E-state index in [0.29, 0.717) is 16.7 Å². The average molecular weight is 281 g/mol. The first-order valence-electron chi connectivity index (χ1n) is 5.89. The van der Waals surface area contributed by atoms with Gasteiger partial charge in [0.05, 0.1) is 10.4 Å². The van der Waals surface area contributed by atoms with E-state index in [1.807, 2.05) is 13.8 Å². The lowest BCUT2D eigenvalue weighted by atomic mass is 10.2. The van der Waals surface area contributed by atoms with Crippen molar-refractivity contribution in [2.24, 2.45) is 0 Å². The summed E-state index contributed by atoms with van der Waals surface area (Å²) in [6.07, 6.45) is 0.901. The SMILES string of the molecule is CCC(C)Nc1nc(Cl)nc2ccc([N+](=O)[O-])cc12. The van der Waals surface area contributed by atoms with Crippen molar-refractivity contribution in [1.29, 1.82) is 0 Å². The Kier molecular flexibility index (Phi) is 3.80. The Morgan fingerprint density at radius 2 is 2.21 bits per heavy atom. The number of halogens is 1. The van der Waals surface area contributed by atoms with E-state index in [0.717, 1.165) is 6.42 Å². The van der Waals surface area contributed by atoms with Crippen LogP contribution in [0, 0.1) is 10.1 Å². The molecular formula is C12H13ClN4O2. The van der Waals surface area contributed by atoms with Crippen LogP contribution in [0.15, 0.2) is 18.2 Å². The van der Waals surface area contributed by atoms with Gasteiger partial charge in [-0.3, -0.25) is 10.1 Å². The second-order valence-electron chi connectivity index (χ2n) is 4.25. The molecule has 1 aromatic heterocycles. The molecule has 0 aliphatic carbocycles. The van der Waals surface area contributed by atoms with Crippen LogP contribution in [0.3, 0.4) is 0 Å². The molecule has 0 radical (unpaired) electrons. The molecule has 7 heteroatoms. The largest absolute Gasteiger partial charge is 0.367 e. The van der Waals surface area contributed by atoms with E-state index in [-0.39, 0.29) is 17.0 Å². The first-order chi connectivity index (χ1) is 9.01. The van der Waals surface area contributed by atoms with Gasteiger partial charge in [-0.05, 0) is 31.0 Å². The first kappa shape index (κ1) is 13.5. The number of nitrogens with zero attached hydrogens (tertiary/aromatic N) is 3. The van der Waals surface area contributed by atoms with E-state index in [4.69, 9.17) is 11.6 Å². The summed E-state index contributed by atoms with van der Waals surface area (Å²) < 4.78 is 0. The quantitative estimate of drug-likeness (QED) is 0.527. The third-order valence-electron chi connectivity index (χ3n) is 2.86. The Morgan fingerprint density at radius 3 is 2.84 bits per heavy atom. The number of fused-ring (bicyclic) bond motifs is 1. The van der Waals surface area contributed by atoms with Crippen molar-refractivity contribution in [1.82, 2.24) is 9.97 Å². The lowest BCUT2D eigenvalue weighted by Crippen LogP contribution is -2.15. The molecular weight excluding hydrogens is 268 g/mol. The van der Waals surface area contributed by atoms with E-state index in [1.54, 1.807) is 6.07 Å². The number of nitrogens with one attached hydrogen (secondary N) is 1. The van der Waals surface area contributed by atoms with Crippen molar-refractivity contribution in [2.75, 3.05) is 5.32 Å². The molecule has 0 bridgehead atoms. The average Bonchev–Trinajstić information content (AvgIpc) is 2.37. The minimum atomic E-state index is -0.443. The molecule has 0 aliphatic heterocycles. The summed E-state index contributed by atoms with van der Waals surface area (Å²) in [5, 5.41) is 14.7. The lowest BCUT2D eigenvalue weighted by molar-refractivity contribution is -0.384. The molecule has 0 spiro atoms. The highest BCUT2D eigenvalue weighted by molar-refractivity contribution is 6.28. The van der Waals surface area contributed by atoms with Crippen molar-refractivity contribution in [3.63, 3.8) is 0 Å². The van der Waals surface area contributed by atoms with E-state index >= 15 is 0 Å². The van der Waals surface area contributed by atoms with E-state index in [2.05, 4.69) is 15.3 Å². The van der Waals surface area contributed by atoms with Crippen molar-refractivity contribution >= 4 is 34.0 Å².